The van der Waals surface area contributed by atoms with Gasteiger partial charge in [0.25, 0.3) is 0 Å². The van der Waals surface area contributed by atoms with Gasteiger partial charge in [0.1, 0.15) is 5.75 Å². The van der Waals surface area contributed by atoms with Crippen molar-refractivity contribution in [1.29, 1.82) is 0 Å². The lowest BCUT2D eigenvalue weighted by atomic mass is 9.80. The van der Waals surface area contributed by atoms with Crippen LogP contribution in [0.3, 0.4) is 0 Å². The van der Waals surface area contributed by atoms with E-state index in [-0.39, 0.29) is 11.4 Å². The zero-order valence-electron chi connectivity index (χ0n) is 9.83. The summed E-state index contributed by atoms with van der Waals surface area (Å²) in [7, 11) is 0. The number of ether oxygens (including phenoxy) is 1. The Balaban J connectivity index is 0.000000531. The highest BCUT2D eigenvalue weighted by atomic mass is 16.5. The summed E-state index contributed by atoms with van der Waals surface area (Å²) >= 11 is 0. The van der Waals surface area contributed by atoms with Crippen molar-refractivity contribution >= 4 is 5.97 Å². The van der Waals surface area contributed by atoms with Crippen LogP contribution in [-0.4, -0.2) is 5.97 Å². The first-order chi connectivity index (χ1) is 7.09. The lowest BCUT2D eigenvalue weighted by Crippen LogP contribution is -2.30. The molecule has 0 fully saturated rings. The molecule has 15 heavy (non-hydrogen) atoms. The van der Waals surface area contributed by atoms with Crippen LogP contribution in [-0.2, 0) is 10.2 Å². The second-order valence-corrected chi connectivity index (χ2v) is 4.03. The van der Waals surface area contributed by atoms with E-state index in [1.54, 1.807) is 0 Å². The number of hydrogen-bond acceptors (Lipinski definition) is 2. The van der Waals surface area contributed by atoms with E-state index in [0.29, 0.717) is 12.2 Å². The third-order valence-electron chi connectivity index (χ3n) is 2.43. The van der Waals surface area contributed by atoms with Gasteiger partial charge in [-0.25, -0.2) is 0 Å². The van der Waals surface area contributed by atoms with Crippen LogP contribution in [0.25, 0.3) is 0 Å². The SMILES string of the molecule is CC.CC1(C)CC(=O)Oc2ccccc21. The number of carbonyl (C=O) groups excluding carboxylic acids is 1. The van der Waals surface area contributed by atoms with Gasteiger partial charge in [-0.3, -0.25) is 4.79 Å². The Hall–Kier alpha value is -1.31. The summed E-state index contributed by atoms with van der Waals surface area (Å²) in [6, 6.07) is 7.71. The summed E-state index contributed by atoms with van der Waals surface area (Å²) in [5.41, 5.74) is 1.03. The maximum atomic E-state index is 11.2. The lowest BCUT2D eigenvalue weighted by molar-refractivity contribution is -0.136. The molecule has 82 valence electrons. The topological polar surface area (TPSA) is 26.3 Å². The Morgan fingerprint density at radius 3 is 2.47 bits per heavy atom. The van der Waals surface area contributed by atoms with Gasteiger partial charge in [-0.15, -0.1) is 0 Å². The van der Waals surface area contributed by atoms with Crippen LogP contribution in [0.5, 0.6) is 5.75 Å². The Morgan fingerprint density at radius 1 is 1.20 bits per heavy atom. The summed E-state index contributed by atoms with van der Waals surface area (Å²) in [6.07, 6.45) is 0.462. The molecule has 0 unspecified atom stereocenters. The Morgan fingerprint density at radius 2 is 1.80 bits per heavy atom. The van der Waals surface area contributed by atoms with Crippen LogP contribution in [0.2, 0.25) is 0 Å². The molecular formula is C13H18O2. The number of hydrogen-bond donors (Lipinski definition) is 0. The van der Waals surface area contributed by atoms with Gasteiger partial charge < -0.3 is 4.74 Å². The molecule has 1 aromatic carbocycles. The number of benzene rings is 1. The number of para-hydroxylation sites is 1. The van der Waals surface area contributed by atoms with Crippen molar-refractivity contribution in [2.75, 3.05) is 0 Å². The van der Waals surface area contributed by atoms with Gasteiger partial charge in [-0.2, -0.15) is 0 Å². The first-order valence-corrected chi connectivity index (χ1v) is 5.40. The molecule has 0 spiro atoms. The van der Waals surface area contributed by atoms with Crippen molar-refractivity contribution < 1.29 is 9.53 Å². The van der Waals surface area contributed by atoms with E-state index >= 15 is 0 Å². The quantitative estimate of drug-likeness (QED) is 0.481. The summed E-state index contributed by atoms with van der Waals surface area (Å²) in [5, 5.41) is 0. The van der Waals surface area contributed by atoms with Crippen LogP contribution in [0.1, 0.15) is 39.7 Å². The van der Waals surface area contributed by atoms with Gasteiger partial charge in [0.05, 0.1) is 6.42 Å². The second-order valence-electron chi connectivity index (χ2n) is 4.03. The highest BCUT2D eigenvalue weighted by Crippen LogP contribution is 2.38. The molecule has 0 radical (unpaired) electrons. The highest BCUT2D eigenvalue weighted by molar-refractivity contribution is 5.77. The third-order valence-corrected chi connectivity index (χ3v) is 2.43. The monoisotopic (exact) mass is 206 g/mol. The van der Waals surface area contributed by atoms with E-state index in [1.165, 1.54) is 0 Å². The normalized spacial score (nSPS) is 16.9. The number of carbonyl (C=O) groups is 1. The summed E-state index contributed by atoms with van der Waals surface area (Å²) in [5.74, 6) is 0.576. The molecule has 2 nitrogen and oxygen atoms in total. The van der Waals surface area contributed by atoms with Gasteiger partial charge in [-0.05, 0) is 6.07 Å². The van der Waals surface area contributed by atoms with Crippen molar-refractivity contribution in [3.8, 4) is 5.75 Å². The standard InChI is InChI=1S/C11H12O2.C2H6/c1-11(2)7-10(12)13-9-6-4-3-5-8(9)11;1-2/h3-6H,7H2,1-2H3;1-2H3. The summed E-state index contributed by atoms with van der Waals surface area (Å²) in [6.45, 7) is 8.12. The van der Waals surface area contributed by atoms with Crippen molar-refractivity contribution in [3.63, 3.8) is 0 Å². The molecule has 1 heterocycles. The molecule has 1 aromatic rings. The van der Waals surface area contributed by atoms with E-state index in [2.05, 4.69) is 13.8 Å². The van der Waals surface area contributed by atoms with Crippen molar-refractivity contribution in [2.24, 2.45) is 0 Å². The molecule has 1 aliphatic heterocycles. The smallest absolute Gasteiger partial charge is 0.312 e. The first-order valence-electron chi connectivity index (χ1n) is 5.40. The van der Waals surface area contributed by atoms with E-state index in [0.717, 1.165) is 5.56 Å². The Labute approximate surface area is 91.3 Å². The minimum Gasteiger partial charge on any atom is -0.426 e. The molecule has 2 rings (SSSR count). The van der Waals surface area contributed by atoms with E-state index in [4.69, 9.17) is 4.74 Å². The van der Waals surface area contributed by atoms with Gasteiger partial charge in [0.15, 0.2) is 0 Å². The number of fused-ring (bicyclic) bond motifs is 1. The predicted molar refractivity (Wildman–Crippen MR) is 61.1 cm³/mol. The minimum atomic E-state index is -0.135. The van der Waals surface area contributed by atoms with Crippen molar-refractivity contribution in [3.05, 3.63) is 29.8 Å². The second kappa shape index (κ2) is 4.47. The van der Waals surface area contributed by atoms with Crippen LogP contribution in [0.4, 0.5) is 0 Å². The molecule has 0 saturated carbocycles. The molecular weight excluding hydrogens is 188 g/mol. The number of esters is 1. The lowest BCUT2D eigenvalue weighted by Gasteiger charge is -2.30. The Kier molecular flexibility index (Phi) is 3.51. The van der Waals surface area contributed by atoms with Gasteiger partial charge in [-0.1, -0.05) is 45.9 Å². The maximum absolute atomic E-state index is 11.2. The number of rotatable bonds is 0. The fraction of sp³-hybridized carbons (Fsp3) is 0.462. The zero-order chi connectivity index (χ0) is 11.5. The molecule has 0 atom stereocenters. The van der Waals surface area contributed by atoms with Crippen LogP contribution in [0, 0.1) is 0 Å². The van der Waals surface area contributed by atoms with Gasteiger partial charge in [0.2, 0.25) is 0 Å². The van der Waals surface area contributed by atoms with Crippen LogP contribution >= 0.6 is 0 Å². The minimum absolute atomic E-state index is 0.0913. The average Bonchev–Trinajstić information content (AvgIpc) is 2.19. The average molecular weight is 206 g/mol. The molecule has 0 aromatic heterocycles. The molecule has 2 heteroatoms. The van der Waals surface area contributed by atoms with Crippen molar-refractivity contribution in [2.45, 2.75) is 39.5 Å². The fourth-order valence-corrected chi connectivity index (χ4v) is 1.73. The molecule has 0 aliphatic carbocycles. The fourth-order valence-electron chi connectivity index (χ4n) is 1.73. The molecule has 0 saturated heterocycles. The highest BCUT2D eigenvalue weighted by Gasteiger charge is 2.32. The Bertz CT molecular complexity index is 353. The first kappa shape index (κ1) is 11.8. The maximum Gasteiger partial charge on any atom is 0.312 e. The van der Waals surface area contributed by atoms with E-state index < -0.39 is 0 Å². The van der Waals surface area contributed by atoms with E-state index in [1.807, 2.05) is 38.1 Å². The molecule has 0 bridgehead atoms. The van der Waals surface area contributed by atoms with Gasteiger partial charge in [0, 0.05) is 11.0 Å². The zero-order valence-corrected chi connectivity index (χ0v) is 9.83. The third kappa shape index (κ3) is 2.38. The molecule has 0 amide bonds. The van der Waals surface area contributed by atoms with Gasteiger partial charge >= 0.3 is 5.97 Å². The van der Waals surface area contributed by atoms with E-state index in [9.17, 15) is 4.79 Å². The summed E-state index contributed by atoms with van der Waals surface area (Å²) < 4.78 is 5.13. The predicted octanol–water partition coefficient (Wildman–Crippen LogP) is 3.30. The molecule has 0 N–H and O–H groups in total. The summed E-state index contributed by atoms with van der Waals surface area (Å²) in [4.78, 5) is 11.2. The largest absolute Gasteiger partial charge is 0.426 e. The van der Waals surface area contributed by atoms with Crippen molar-refractivity contribution in [1.82, 2.24) is 0 Å². The molecule has 1 aliphatic rings. The van der Waals surface area contributed by atoms with Crippen LogP contribution < -0.4 is 4.74 Å². The van der Waals surface area contributed by atoms with Crippen LogP contribution in [0.15, 0.2) is 24.3 Å².